The molecule has 0 aliphatic carbocycles. The Hall–Kier alpha value is -3.12. The van der Waals surface area contributed by atoms with Gasteiger partial charge < -0.3 is 9.72 Å². The predicted octanol–water partition coefficient (Wildman–Crippen LogP) is 2.87. The molecule has 1 atom stereocenters. The van der Waals surface area contributed by atoms with Gasteiger partial charge in [-0.3, -0.25) is 14.5 Å². The van der Waals surface area contributed by atoms with Crippen molar-refractivity contribution in [2.24, 2.45) is 0 Å². The number of methoxy groups -OCH3 is 1. The summed E-state index contributed by atoms with van der Waals surface area (Å²) in [5.74, 6) is 0.311. The second kappa shape index (κ2) is 6.49. The number of hydrogen-bond acceptors (Lipinski definition) is 4. The summed E-state index contributed by atoms with van der Waals surface area (Å²) in [6, 6.07) is 15.0. The molecule has 1 fully saturated rings. The molecule has 28 heavy (non-hydrogen) atoms. The quantitative estimate of drug-likeness (QED) is 0.715. The molecule has 1 aromatic heterocycles. The molecule has 2 amide bonds. The van der Waals surface area contributed by atoms with Gasteiger partial charge in [0.25, 0.3) is 5.91 Å². The lowest BCUT2D eigenvalue weighted by Crippen LogP contribution is -2.44. The van der Waals surface area contributed by atoms with Crippen LogP contribution in [0.4, 0.5) is 5.69 Å². The lowest BCUT2D eigenvalue weighted by atomic mass is 10.0. The van der Waals surface area contributed by atoms with E-state index in [1.165, 1.54) is 15.8 Å². The number of nitrogens with zero attached hydrogens (tertiary/aromatic N) is 2. The number of fused-ring (bicyclic) bond motifs is 3. The Morgan fingerprint density at radius 2 is 1.96 bits per heavy atom. The molecule has 3 heterocycles. The number of H-pyrrole nitrogens is 1. The minimum Gasteiger partial charge on any atom is -0.497 e. The molecule has 1 unspecified atom stereocenters. The summed E-state index contributed by atoms with van der Waals surface area (Å²) in [4.78, 5) is 32.7. The van der Waals surface area contributed by atoms with Crippen molar-refractivity contribution in [3.8, 4) is 5.75 Å². The van der Waals surface area contributed by atoms with Gasteiger partial charge in [0.15, 0.2) is 0 Å². The number of aromatic nitrogens is 1. The van der Waals surface area contributed by atoms with E-state index < -0.39 is 6.04 Å². The summed E-state index contributed by atoms with van der Waals surface area (Å²) in [5.41, 5.74) is 4.17. The molecule has 2 aliphatic rings. The topological polar surface area (TPSA) is 65.6 Å². The molecule has 142 valence electrons. The highest BCUT2D eigenvalue weighted by atomic mass is 16.5. The fourth-order valence-electron chi connectivity index (χ4n) is 4.40. The molecule has 6 nitrogen and oxygen atoms in total. The highest BCUT2D eigenvalue weighted by Crippen LogP contribution is 2.32. The van der Waals surface area contributed by atoms with Crippen molar-refractivity contribution in [3.63, 3.8) is 0 Å². The number of ether oxygens (including phenoxy) is 1. The third-order valence-electron chi connectivity index (χ3n) is 5.79. The number of hydrogen-bond donors (Lipinski definition) is 1. The maximum absolute atomic E-state index is 13.1. The summed E-state index contributed by atoms with van der Waals surface area (Å²) < 4.78 is 5.23. The average Bonchev–Trinajstić information content (AvgIpc) is 3.24. The van der Waals surface area contributed by atoms with E-state index in [2.05, 4.69) is 22.0 Å². The molecule has 2 aliphatic heterocycles. The standard InChI is InChI=1S/C22H21N3O3/c1-28-15-6-4-5-14(11-15)25-21(26)12-20(22(25)27)24-10-9-17-16-7-2-3-8-18(16)23-19(17)13-24/h2-8,11,20,23H,9-10,12-13H2,1H3. The van der Waals surface area contributed by atoms with Crippen molar-refractivity contribution < 1.29 is 14.3 Å². The zero-order valence-electron chi connectivity index (χ0n) is 15.6. The number of benzene rings is 2. The van der Waals surface area contributed by atoms with E-state index in [0.29, 0.717) is 18.0 Å². The van der Waals surface area contributed by atoms with Gasteiger partial charge in [-0.2, -0.15) is 0 Å². The predicted molar refractivity (Wildman–Crippen MR) is 106 cm³/mol. The Morgan fingerprint density at radius 3 is 2.82 bits per heavy atom. The maximum atomic E-state index is 13.1. The van der Waals surface area contributed by atoms with Crippen LogP contribution < -0.4 is 9.64 Å². The van der Waals surface area contributed by atoms with Gasteiger partial charge in [0.05, 0.1) is 25.3 Å². The monoisotopic (exact) mass is 375 g/mol. The summed E-state index contributed by atoms with van der Waals surface area (Å²) in [6.07, 6.45) is 1.09. The van der Waals surface area contributed by atoms with Crippen LogP contribution in [0.25, 0.3) is 10.9 Å². The van der Waals surface area contributed by atoms with Crippen LogP contribution in [0.2, 0.25) is 0 Å². The first-order valence-electron chi connectivity index (χ1n) is 9.49. The number of carbonyl (C=O) groups is 2. The number of para-hydroxylation sites is 1. The van der Waals surface area contributed by atoms with Gasteiger partial charge in [-0.1, -0.05) is 24.3 Å². The van der Waals surface area contributed by atoms with Crippen LogP contribution >= 0.6 is 0 Å². The molecule has 3 aromatic rings. The van der Waals surface area contributed by atoms with Crippen molar-refractivity contribution in [1.82, 2.24) is 9.88 Å². The van der Waals surface area contributed by atoms with E-state index in [1.54, 1.807) is 31.4 Å². The fourth-order valence-corrected chi connectivity index (χ4v) is 4.40. The highest BCUT2D eigenvalue weighted by Gasteiger charge is 2.43. The third kappa shape index (κ3) is 2.60. The third-order valence-corrected chi connectivity index (χ3v) is 5.79. The summed E-state index contributed by atoms with van der Waals surface area (Å²) in [5, 5.41) is 1.25. The van der Waals surface area contributed by atoms with E-state index in [4.69, 9.17) is 4.74 Å². The summed E-state index contributed by atoms with van der Waals surface area (Å²) >= 11 is 0. The summed E-state index contributed by atoms with van der Waals surface area (Å²) in [7, 11) is 1.57. The van der Waals surface area contributed by atoms with Gasteiger partial charge in [0, 0.05) is 35.8 Å². The summed E-state index contributed by atoms with van der Waals surface area (Å²) in [6.45, 7) is 1.42. The van der Waals surface area contributed by atoms with Crippen molar-refractivity contribution in [1.29, 1.82) is 0 Å². The lowest BCUT2D eigenvalue weighted by Gasteiger charge is -2.30. The highest BCUT2D eigenvalue weighted by molar-refractivity contribution is 6.22. The van der Waals surface area contributed by atoms with E-state index in [0.717, 1.165) is 24.2 Å². The molecule has 0 spiro atoms. The zero-order valence-corrected chi connectivity index (χ0v) is 15.6. The minimum absolute atomic E-state index is 0.155. The second-order valence-corrected chi connectivity index (χ2v) is 7.34. The number of rotatable bonds is 3. The van der Waals surface area contributed by atoms with E-state index in [-0.39, 0.29) is 18.2 Å². The van der Waals surface area contributed by atoms with Gasteiger partial charge in [-0.05, 0) is 30.2 Å². The van der Waals surface area contributed by atoms with Gasteiger partial charge in [-0.25, -0.2) is 4.90 Å². The molecule has 0 bridgehead atoms. The average molecular weight is 375 g/mol. The van der Waals surface area contributed by atoms with Crippen molar-refractivity contribution in [2.45, 2.75) is 25.4 Å². The first-order valence-corrected chi connectivity index (χ1v) is 9.49. The number of carbonyl (C=O) groups excluding carboxylic acids is 2. The Bertz CT molecular complexity index is 1090. The van der Waals surface area contributed by atoms with Gasteiger partial charge in [-0.15, -0.1) is 0 Å². The first kappa shape index (κ1) is 17.0. The molecule has 0 saturated carbocycles. The Labute approximate surface area is 162 Å². The van der Waals surface area contributed by atoms with Crippen LogP contribution in [0.3, 0.4) is 0 Å². The van der Waals surface area contributed by atoms with Crippen LogP contribution in [-0.4, -0.2) is 41.4 Å². The SMILES string of the molecule is COc1cccc(N2C(=O)CC(N3CCc4c([nH]c5ccccc45)C3)C2=O)c1. The van der Waals surface area contributed by atoms with Gasteiger partial charge in [0.1, 0.15) is 5.75 Å². The van der Waals surface area contributed by atoms with E-state index >= 15 is 0 Å². The molecule has 5 rings (SSSR count). The first-order chi connectivity index (χ1) is 13.7. The number of amides is 2. The Morgan fingerprint density at radius 1 is 1.11 bits per heavy atom. The van der Waals surface area contributed by atoms with Crippen LogP contribution in [0, 0.1) is 0 Å². The number of anilines is 1. The molecule has 2 aromatic carbocycles. The molecular formula is C22H21N3O3. The van der Waals surface area contributed by atoms with Crippen LogP contribution in [0.15, 0.2) is 48.5 Å². The Balaban J connectivity index is 1.41. The van der Waals surface area contributed by atoms with Crippen molar-refractivity contribution in [3.05, 3.63) is 59.8 Å². The van der Waals surface area contributed by atoms with Crippen LogP contribution in [-0.2, 0) is 22.6 Å². The molecule has 1 N–H and O–H groups in total. The maximum Gasteiger partial charge on any atom is 0.251 e. The zero-order chi connectivity index (χ0) is 19.3. The number of aromatic amines is 1. The molecule has 1 saturated heterocycles. The van der Waals surface area contributed by atoms with Gasteiger partial charge >= 0.3 is 0 Å². The fraction of sp³-hybridized carbons (Fsp3) is 0.273. The second-order valence-electron chi connectivity index (χ2n) is 7.34. The Kier molecular flexibility index (Phi) is 3.94. The van der Waals surface area contributed by atoms with E-state index in [9.17, 15) is 9.59 Å². The van der Waals surface area contributed by atoms with Crippen molar-refractivity contribution >= 4 is 28.4 Å². The minimum atomic E-state index is -0.418. The number of nitrogens with one attached hydrogen (secondary N) is 1. The normalized spacial score (nSPS) is 20.0. The van der Waals surface area contributed by atoms with Crippen molar-refractivity contribution in [2.75, 3.05) is 18.6 Å². The molecule has 0 radical (unpaired) electrons. The largest absolute Gasteiger partial charge is 0.497 e. The smallest absolute Gasteiger partial charge is 0.251 e. The molecular weight excluding hydrogens is 354 g/mol. The van der Waals surface area contributed by atoms with Crippen LogP contribution in [0.5, 0.6) is 5.75 Å². The molecule has 6 heteroatoms. The lowest BCUT2D eigenvalue weighted by molar-refractivity contribution is -0.123. The van der Waals surface area contributed by atoms with Crippen LogP contribution in [0.1, 0.15) is 17.7 Å². The number of imide groups is 1. The van der Waals surface area contributed by atoms with Gasteiger partial charge in [0.2, 0.25) is 5.91 Å². The van der Waals surface area contributed by atoms with E-state index in [1.807, 2.05) is 12.1 Å².